The monoisotopic (exact) mass is 458 g/mol. The van der Waals surface area contributed by atoms with E-state index in [0.717, 1.165) is 0 Å². The molecule has 2 aromatic rings. The Balaban J connectivity index is 2.09. The molecule has 3 rings (SSSR count). The van der Waals surface area contributed by atoms with Crippen LogP contribution in [0.15, 0.2) is 41.3 Å². The van der Waals surface area contributed by atoms with Gasteiger partial charge in [0.25, 0.3) is 0 Å². The van der Waals surface area contributed by atoms with Gasteiger partial charge in [-0.25, -0.2) is 13.2 Å². The Kier molecular flexibility index (Phi) is 6.58. The first-order chi connectivity index (χ1) is 13.7. The smallest absolute Gasteiger partial charge is 0.341 e. The number of sulfone groups is 1. The van der Waals surface area contributed by atoms with E-state index in [1.54, 1.807) is 36.1 Å². The van der Waals surface area contributed by atoms with Gasteiger partial charge in [0.1, 0.15) is 11.1 Å². The number of carboxylic acid groups (broad SMARTS) is 1. The molecule has 0 aromatic heterocycles. The number of rotatable bonds is 6. The van der Waals surface area contributed by atoms with Crippen LogP contribution in [0.4, 0.5) is 5.69 Å². The molecule has 1 saturated heterocycles. The average molecular weight is 459 g/mol. The van der Waals surface area contributed by atoms with Crippen molar-refractivity contribution in [2.24, 2.45) is 0 Å². The molecule has 0 amide bonds. The Hall–Kier alpha value is -2.00. The fraction of sp³-hybridized carbons (Fsp3) is 0.316. The number of anilines is 1. The number of ether oxygens (including phenoxy) is 1. The van der Waals surface area contributed by atoms with Gasteiger partial charge in [-0.05, 0) is 42.8 Å². The third-order valence-corrected chi connectivity index (χ3v) is 7.34. The standard InChI is InChI=1S/C19H20Cl2N2O5S/c1-12-15(21)5-6-16(28-11-18(24)25)19(12)23-8-7-22-10-17(23)29(26,27)14-4-2-3-13(20)9-14/h2-6,9,17,22H,7-8,10-11H2,1H3,(H,24,25). The average Bonchev–Trinajstić information content (AvgIpc) is 2.69. The molecule has 29 heavy (non-hydrogen) atoms. The predicted octanol–water partition coefficient (Wildman–Crippen LogP) is 2.97. The summed E-state index contributed by atoms with van der Waals surface area (Å²) in [5.74, 6) is -0.866. The SMILES string of the molecule is Cc1c(Cl)ccc(OCC(=O)O)c1N1CCNCC1S(=O)(=O)c1cccc(Cl)c1. The van der Waals surface area contributed by atoms with Crippen LogP contribution in [0.2, 0.25) is 10.0 Å². The third-order valence-electron chi connectivity index (χ3n) is 4.65. The number of benzene rings is 2. The van der Waals surface area contributed by atoms with Crippen molar-refractivity contribution in [3.05, 3.63) is 52.0 Å². The second kappa shape index (κ2) is 8.79. The van der Waals surface area contributed by atoms with Gasteiger partial charge in [-0.2, -0.15) is 0 Å². The Morgan fingerprint density at radius 3 is 2.76 bits per heavy atom. The van der Waals surface area contributed by atoms with Gasteiger partial charge in [-0.3, -0.25) is 0 Å². The summed E-state index contributed by atoms with van der Waals surface area (Å²) in [5, 5.41) is 11.9. The second-order valence-corrected chi connectivity index (χ2v) is 9.51. The number of nitrogens with one attached hydrogen (secondary N) is 1. The number of hydrogen-bond donors (Lipinski definition) is 2. The van der Waals surface area contributed by atoms with Gasteiger partial charge < -0.3 is 20.1 Å². The van der Waals surface area contributed by atoms with E-state index in [9.17, 15) is 13.2 Å². The van der Waals surface area contributed by atoms with Gasteiger partial charge in [-0.15, -0.1) is 0 Å². The molecule has 1 atom stereocenters. The highest BCUT2D eigenvalue weighted by Crippen LogP contribution is 2.39. The molecule has 1 aliphatic heterocycles. The zero-order valence-corrected chi connectivity index (χ0v) is 17.9. The van der Waals surface area contributed by atoms with Gasteiger partial charge in [0.2, 0.25) is 9.84 Å². The highest BCUT2D eigenvalue weighted by Gasteiger charge is 2.37. The van der Waals surface area contributed by atoms with E-state index in [4.69, 9.17) is 33.0 Å². The lowest BCUT2D eigenvalue weighted by Gasteiger charge is -2.39. The number of aliphatic carboxylic acids is 1. The summed E-state index contributed by atoms with van der Waals surface area (Å²) in [4.78, 5) is 12.8. The van der Waals surface area contributed by atoms with Crippen LogP contribution in [-0.2, 0) is 14.6 Å². The van der Waals surface area contributed by atoms with Crippen LogP contribution < -0.4 is 15.0 Å². The fourth-order valence-corrected chi connectivity index (χ4v) is 5.44. The third kappa shape index (κ3) is 4.61. The predicted molar refractivity (Wildman–Crippen MR) is 112 cm³/mol. The Morgan fingerprint density at radius 2 is 2.07 bits per heavy atom. The van der Waals surface area contributed by atoms with Crippen LogP contribution in [-0.4, -0.2) is 51.1 Å². The first kappa shape index (κ1) is 21.7. The highest BCUT2D eigenvalue weighted by atomic mass is 35.5. The van der Waals surface area contributed by atoms with Gasteiger partial charge in [-0.1, -0.05) is 29.3 Å². The van der Waals surface area contributed by atoms with E-state index in [-0.39, 0.29) is 17.2 Å². The van der Waals surface area contributed by atoms with E-state index >= 15 is 0 Å². The number of hydrogen-bond acceptors (Lipinski definition) is 6. The lowest BCUT2D eigenvalue weighted by molar-refractivity contribution is -0.139. The summed E-state index contributed by atoms with van der Waals surface area (Å²) in [7, 11) is -3.80. The van der Waals surface area contributed by atoms with E-state index in [1.165, 1.54) is 12.1 Å². The first-order valence-corrected chi connectivity index (χ1v) is 11.1. The molecule has 0 saturated carbocycles. The molecule has 2 aromatic carbocycles. The molecule has 0 spiro atoms. The van der Waals surface area contributed by atoms with E-state index < -0.39 is 27.8 Å². The molecule has 7 nitrogen and oxygen atoms in total. The summed E-state index contributed by atoms with van der Waals surface area (Å²) in [6.07, 6.45) is 0. The topological polar surface area (TPSA) is 95.9 Å². The molecule has 1 heterocycles. The molecule has 10 heteroatoms. The first-order valence-electron chi connectivity index (χ1n) is 8.82. The number of carbonyl (C=O) groups is 1. The molecule has 1 fully saturated rings. The van der Waals surface area contributed by atoms with Crippen molar-refractivity contribution in [3.63, 3.8) is 0 Å². The Labute approximate surface area is 179 Å². The summed E-state index contributed by atoms with van der Waals surface area (Å²) >= 11 is 12.3. The van der Waals surface area contributed by atoms with Crippen molar-refractivity contribution >= 4 is 44.7 Å². The van der Waals surface area contributed by atoms with Gasteiger partial charge in [0.05, 0.1) is 10.6 Å². The van der Waals surface area contributed by atoms with Crippen molar-refractivity contribution in [1.29, 1.82) is 0 Å². The molecule has 2 N–H and O–H groups in total. The van der Waals surface area contributed by atoms with Crippen LogP contribution in [0.3, 0.4) is 0 Å². The lowest BCUT2D eigenvalue weighted by atomic mass is 10.1. The van der Waals surface area contributed by atoms with Gasteiger partial charge >= 0.3 is 5.97 Å². The summed E-state index contributed by atoms with van der Waals surface area (Å²) < 4.78 is 32.2. The maximum absolute atomic E-state index is 13.4. The van der Waals surface area contributed by atoms with Crippen LogP contribution in [0.25, 0.3) is 0 Å². The van der Waals surface area contributed by atoms with Crippen LogP contribution >= 0.6 is 23.2 Å². The van der Waals surface area contributed by atoms with Crippen LogP contribution in [0, 0.1) is 6.92 Å². The van der Waals surface area contributed by atoms with Crippen molar-refractivity contribution in [2.45, 2.75) is 17.2 Å². The number of nitrogens with zero attached hydrogens (tertiary/aromatic N) is 1. The van der Waals surface area contributed by atoms with Gasteiger partial charge in [0, 0.05) is 29.7 Å². The molecule has 156 valence electrons. The highest BCUT2D eigenvalue weighted by molar-refractivity contribution is 7.92. The Morgan fingerprint density at radius 1 is 1.31 bits per heavy atom. The van der Waals surface area contributed by atoms with Crippen LogP contribution in [0.5, 0.6) is 5.75 Å². The van der Waals surface area contributed by atoms with Crippen molar-refractivity contribution in [2.75, 3.05) is 31.1 Å². The molecular weight excluding hydrogens is 439 g/mol. The number of piperazine rings is 1. The van der Waals surface area contributed by atoms with Crippen molar-refractivity contribution in [3.8, 4) is 5.75 Å². The van der Waals surface area contributed by atoms with E-state index in [2.05, 4.69) is 5.32 Å². The number of halogens is 2. The minimum atomic E-state index is -3.80. The maximum atomic E-state index is 13.4. The van der Waals surface area contributed by atoms with E-state index in [1.807, 2.05) is 0 Å². The normalized spacial score (nSPS) is 17.2. The quantitative estimate of drug-likeness (QED) is 0.686. The maximum Gasteiger partial charge on any atom is 0.341 e. The van der Waals surface area contributed by atoms with Gasteiger partial charge in [0.15, 0.2) is 6.61 Å². The molecule has 0 radical (unpaired) electrons. The summed E-state index contributed by atoms with van der Waals surface area (Å²) in [6.45, 7) is 2.29. The number of carboxylic acids is 1. The summed E-state index contributed by atoms with van der Waals surface area (Å²) in [6, 6.07) is 9.26. The zero-order valence-electron chi connectivity index (χ0n) is 15.6. The largest absolute Gasteiger partial charge is 0.480 e. The van der Waals surface area contributed by atoms with E-state index in [0.29, 0.717) is 34.4 Å². The second-order valence-electron chi connectivity index (χ2n) is 6.56. The minimum absolute atomic E-state index is 0.108. The lowest BCUT2D eigenvalue weighted by Crippen LogP contribution is -2.55. The molecule has 0 bridgehead atoms. The molecular formula is C19H20Cl2N2O5S. The molecule has 1 aliphatic rings. The van der Waals surface area contributed by atoms with Crippen molar-refractivity contribution in [1.82, 2.24) is 5.32 Å². The minimum Gasteiger partial charge on any atom is -0.480 e. The molecule has 0 aliphatic carbocycles. The fourth-order valence-electron chi connectivity index (χ4n) is 3.28. The molecule has 1 unspecified atom stereocenters. The van der Waals surface area contributed by atoms with Crippen LogP contribution in [0.1, 0.15) is 5.56 Å². The van der Waals surface area contributed by atoms with Crippen molar-refractivity contribution < 1.29 is 23.1 Å². The zero-order chi connectivity index (χ0) is 21.2. The summed E-state index contributed by atoms with van der Waals surface area (Å²) in [5.41, 5.74) is 1.08. The Bertz CT molecular complexity index is 1030.